The van der Waals surface area contributed by atoms with Crippen LogP contribution in [0.4, 0.5) is 4.79 Å². The highest BCUT2D eigenvalue weighted by Gasteiger charge is 2.34. The van der Waals surface area contributed by atoms with Gasteiger partial charge in [-0.3, -0.25) is 14.4 Å². The molecule has 0 fully saturated rings. The summed E-state index contributed by atoms with van der Waals surface area (Å²) >= 11 is 0. The molecule has 0 aliphatic carbocycles. The molecule has 53 heavy (non-hydrogen) atoms. The molecule has 3 aromatic rings. The van der Waals surface area contributed by atoms with E-state index in [9.17, 15) is 29.1 Å². The van der Waals surface area contributed by atoms with Gasteiger partial charge in [0.15, 0.2) is 0 Å². The molecule has 0 saturated carbocycles. The van der Waals surface area contributed by atoms with Gasteiger partial charge in [-0.25, -0.2) is 9.59 Å². The van der Waals surface area contributed by atoms with E-state index >= 15 is 0 Å². The Kier molecular flexibility index (Phi) is 16.5. The Balaban J connectivity index is 1.80. The molecule has 12 nitrogen and oxygen atoms in total. The fourth-order valence-corrected chi connectivity index (χ4v) is 5.66. The number of esters is 1. The Bertz CT molecular complexity index is 1620. The van der Waals surface area contributed by atoms with Crippen LogP contribution in [0.2, 0.25) is 0 Å². The highest BCUT2D eigenvalue weighted by atomic mass is 16.6. The highest BCUT2D eigenvalue weighted by Crippen LogP contribution is 2.15. The predicted octanol–water partition coefficient (Wildman–Crippen LogP) is 4.03. The van der Waals surface area contributed by atoms with Crippen molar-refractivity contribution in [2.24, 2.45) is 5.92 Å². The third-order valence-corrected chi connectivity index (χ3v) is 8.67. The van der Waals surface area contributed by atoms with E-state index in [0.29, 0.717) is 6.42 Å². The summed E-state index contributed by atoms with van der Waals surface area (Å²) in [5, 5.41) is 22.3. The average Bonchev–Trinajstić information content (AvgIpc) is 3.12. The number of alkyl carbamates (subject to hydrolysis) is 1. The molecule has 0 saturated heterocycles. The summed E-state index contributed by atoms with van der Waals surface area (Å²) in [7, 11) is 1.24. The summed E-state index contributed by atoms with van der Waals surface area (Å²) in [6.07, 6.45) is -1.52. The number of benzene rings is 3. The van der Waals surface area contributed by atoms with Crippen LogP contribution in [-0.2, 0) is 47.9 Å². The molecule has 6 atom stereocenters. The summed E-state index contributed by atoms with van der Waals surface area (Å²) in [5.74, 6) is -2.81. The zero-order valence-corrected chi connectivity index (χ0v) is 31.5. The molecule has 0 radical (unpaired) electrons. The monoisotopic (exact) mass is 730 g/mol. The molecule has 0 aromatic heterocycles. The molecule has 3 aromatic carbocycles. The Labute approximate surface area is 312 Å². The largest absolute Gasteiger partial charge is 0.467 e. The maximum atomic E-state index is 14.0. The number of rotatable bonds is 18. The van der Waals surface area contributed by atoms with E-state index in [1.165, 1.54) is 7.11 Å². The lowest BCUT2D eigenvalue weighted by Gasteiger charge is -2.29. The molecule has 0 aliphatic heterocycles. The van der Waals surface area contributed by atoms with Crippen LogP contribution < -0.4 is 21.3 Å². The van der Waals surface area contributed by atoms with E-state index in [4.69, 9.17) is 9.47 Å². The van der Waals surface area contributed by atoms with Gasteiger partial charge in [0, 0.05) is 12.8 Å². The molecular formula is C41H54N4O8. The van der Waals surface area contributed by atoms with Crippen LogP contribution in [0, 0.1) is 5.92 Å². The van der Waals surface area contributed by atoms with Crippen molar-refractivity contribution in [3.63, 3.8) is 0 Å². The molecule has 286 valence electrons. The minimum absolute atomic E-state index is 0.0890. The number of aliphatic hydroxyl groups is 1. The lowest BCUT2D eigenvalue weighted by molar-refractivity contribution is -0.145. The highest BCUT2D eigenvalue weighted by molar-refractivity contribution is 5.94. The van der Waals surface area contributed by atoms with Crippen molar-refractivity contribution in [3.05, 3.63) is 108 Å². The number of carbonyl (C=O) groups excluding carboxylic acids is 5. The fraction of sp³-hybridized carbons (Fsp3) is 0.439. The first-order chi connectivity index (χ1) is 25.2. The summed E-state index contributed by atoms with van der Waals surface area (Å²) in [5.41, 5.74) is 1.60. The minimum Gasteiger partial charge on any atom is -0.467 e. The van der Waals surface area contributed by atoms with Gasteiger partial charge in [0.1, 0.15) is 23.7 Å². The Hall–Kier alpha value is -5.23. The van der Waals surface area contributed by atoms with Gasteiger partial charge in [-0.15, -0.1) is 0 Å². The Morgan fingerprint density at radius 1 is 0.679 bits per heavy atom. The molecule has 12 heteroatoms. The molecule has 3 rings (SSSR count). The first-order valence-electron chi connectivity index (χ1n) is 18.0. The van der Waals surface area contributed by atoms with E-state index < -0.39 is 72.1 Å². The molecule has 0 spiro atoms. The van der Waals surface area contributed by atoms with Crippen LogP contribution in [0.5, 0.6) is 0 Å². The number of hydrogen-bond acceptors (Lipinski definition) is 8. The van der Waals surface area contributed by atoms with Crippen molar-refractivity contribution >= 4 is 29.8 Å². The van der Waals surface area contributed by atoms with Crippen LogP contribution >= 0.6 is 0 Å². The molecule has 4 amide bonds. The van der Waals surface area contributed by atoms with Crippen LogP contribution in [0.15, 0.2) is 91.0 Å². The van der Waals surface area contributed by atoms with Gasteiger partial charge in [-0.1, -0.05) is 111 Å². The number of hydrogen-bond donors (Lipinski definition) is 5. The smallest absolute Gasteiger partial charge is 0.407 e. The summed E-state index contributed by atoms with van der Waals surface area (Å²) < 4.78 is 10.4. The second-order valence-electron chi connectivity index (χ2n) is 14.2. The second kappa shape index (κ2) is 20.7. The van der Waals surface area contributed by atoms with Crippen molar-refractivity contribution in [3.8, 4) is 0 Å². The van der Waals surface area contributed by atoms with Crippen LogP contribution in [0.25, 0.3) is 0 Å². The van der Waals surface area contributed by atoms with Gasteiger partial charge >= 0.3 is 12.1 Å². The van der Waals surface area contributed by atoms with Gasteiger partial charge < -0.3 is 35.8 Å². The number of amides is 4. The lowest BCUT2D eigenvalue weighted by atomic mass is 9.96. The first kappa shape index (κ1) is 42.2. The Morgan fingerprint density at radius 3 is 1.64 bits per heavy atom. The third kappa shape index (κ3) is 14.7. The molecule has 5 N–H and O–H groups in total. The fourth-order valence-electron chi connectivity index (χ4n) is 5.66. The first-order valence-corrected chi connectivity index (χ1v) is 18.0. The van der Waals surface area contributed by atoms with E-state index in [0.717, 1.165) is 16.7 Å². The van der Waals surface area contributed by atoms with Gasteiger partial charge in [-0.05, 0) is 49.8 Å². The minimum atomic E-state index is -1.35. The van der Waals surface area contributed by atoms with E-state index in [-0.39, 0.29) is 25.2 Å². The van der Waals surface area contributed by atoms with Crippen molar-refractivity contribution in [2.75, 3.05) is 7.11 Å². The predicted molar refractivity (Wildman–Crippen MR) is 201 cm³/mol. The zero-order chi connectivity index (χ0) is 39.0. The quantitative estimate of drug-likeness (QED) is 0.122. The van der Waals surface area contributed by atoms with Gasteiger partial charge in [-0.2, -0.15) is 0 Å². The zero-order valence-electron chi connectivity index (χ0n) is 31.5. The number of methoxy groups -OCH3 is 1. The van der Waals surface area contributed by atoms with Gasteiger partial charge in [0.2, 0.25) is 17.7 Å². The molecule has 0 bridgehead atoms. The van der Waals surface area contributed by atoms with E-state index in [1.54, 1.807) is 27.7 Å². The maximum Gasteiger partial charge on any atom is 0.407 e. The van der Waals surface area contributed by atoms with E-state index in [2.05, 4.69) is 21.3 Å². The summed E-state index contributed by atoms with van der Waals surface area (Å²) in [6, 6.07) is 23.3. The van der Waals surface area contributed by atoms with Gasteiger partial charge in [0.25, 0.3) is 0 Å². The van der Waals surface area contributed by atoms with Crippen LogP contribution in [-0.4, -0.2) is 77.9 Å². The van der Waals surface area contributed by atoms with Crippen molar-refractivity contribution in [1.82, 2.24) is 21.3 Å². The standard InChI is InChI=1S/C41H54N4O8/c1-7-27(2)36(38(49)43-33(39(50)52-6)25-30-21-15-10-16-22-30)45-37(48)32(24-29-19-13-9-14-20-29)42-35(47)26-34(46)31(23-28-17-11-8-12-18-28)44-40(51)53-41(3,4)5/h8-22,27,31-34,36,46H,7,23-26H2,1-6H3,(H,42,47)(H,43,49)(H,44,51)(H,45,48)/t27-,31-,32-,33-,34-,36-/m0/s1. The van der Waals surface area contributed by atoms with Crippen molar-refractivity contribution in [2.45, 2.75) is 103 Å². The average molecular weight is 731 g/mol. The summed E-state index contributed by atoms with van der Waals surface area (Å²) in [6.45, 7) is 8.84. The molecule has 0 unspecified atom stereocenters. The van der Waals surface area contributed by atoms with Gasteiger partial charge in [0.05, 0.1) is 25.7 Å². The second-order valence-corrected chi connectivity index (χ2v) is 14.2. The molecule has 0 aliphatic rings. The SMILES string of the molecule is CC[C@H](C)[C@H](NC(=O)[C@H](Cc1ccccc1)NC(=O)C[C@H](O)[C@H](Cc1ccccc1)NC(=O)OC(C)(C)C)C(=O)N[C@@H](Cc1ccccc1)C(=O)OC. The number of aliphatic hydroxyl groups excluding tert-OH is 1. The Morgan fingerprint density at radius 2 is 1.17 bits per heavy atom. The number of ether oxygens (including phenoxy) is 2. The van der Waals surface area contributed by atoms with Crippen LogP contribution in [0.1, 0.15) is 64.2 Å². The molecule has 0 heterocycles. The topological polar surface area (TPSA) is 172 Å². The van der Waals surface area contributed by atoms with Crippen molar-refractivity contribution in [1.29, 1.82) is 0 Å². The number of nitrogens with one attached hydrogen (secondary N) is 4. The maximum absolute atomic E-state index is 14.0. The normalized spacial score (nSPS) is 14.6. The van der Waals surface area contributed by atoms with Crippen molar-refractivity contribution < 1.29 is 38.6 Å². The lowest BCUT2D eigenvalue weighted by Crippen LogP contribution is -2.58. The number of carbonyl (C=O) groups is 5. The van der Waals surface area contributed by atoms with Crippen LogP contribution in [0.3, 0.4) is 0 Å². The summed E-state index contributed by atoms with van der Waals surface area (Å²) in [4.78, 5) is 66.7. The third-order valence-electron chi connectivity index (χ3n) is 8.67. The van der Waals surface area contributed by atoms with E-state index in [1.807, 2.05) is 97.9 Å². The molecular weight excluding hydrogens is 676 g/mol.